The van der Waals surface area contributed by atoms with Crippen molar-refractivity contribution in [2.24, 2.45) is 0 Å². The molecule has 4 nitrogen and oxygen atoms in total. The molecule has 12 rings (SSSR count). The molecule has 0 saturated heterocycles. The van der Waals surface area contributed by atoms with E-state index in [9.17, 15) is 0 Å². The third-order valence-corrected chi connectivity index (χ3v) is 13.1. The summed E-state index contributed by atoms with van der Waals surface area (Å²) in [6.45, 7) is 4.50. The van der Waals surface area contributed by atoms with Gasteiger partial charge in [-0.3, -0.25) is 4.57 Å². The molecule has 0 aliphatic heterocycles. The fourth-order valence-electron chi connectivity index (χ4n) is 10.4. The van der Waals surface area contributed by atoms with Gasteiger partial charge in [-0.25, -0.2) is 9.55 Å². The summed E-state index contributed by atoms with van der Waals surface area (Å²) in [6, 6.07) is 75.9. The smallest absolute Gasteiger partial charge is 0.250 e. The predicted molar refractivity (Wildman–Crippen MR) is 254 cm³/mol. The van der Waals surface area contributed by atoms with Gasteiger partial charge >= 0.3 is 0 Å². The molecule has 0 N–H and O–H groups in total. The van der Waals surface area contributed by atoms with E-state index >= 15 is 0 Å². The fourth-order valence-corrected chi connectivity index (χ4v) is 10.4. The summed E-state index contributed by atoms with van der Waals surface area (Å²) < 4.78 is 7.10. The Morgan fingerprint density at radius 2 is 1.08 bits per heavy atom. The number of nitrogens with zero attached hydrogens (tertiary/aromatic N) is 4. The molecule has 0 unspecified atom stereocenters. The highest BCUT2D eigenvalue weighted by molar-refractivity contribution is 6.09. The maximum Gasteiger partial charge on any atom is 0.250 e. The monoisotopic (exact) mass is 795 g/mol. The Labute approximate surface area is 361 Å². The van der Waals surface area contributed by atoms with Crippen LogP contribution in [0.4, 0.5) is 0 Å². The van der Waals surface area contributed by atoms with Crippen LogP contribution in [0.25, 0.3) is 77.7 Å². The topological polar surface area (TPSA) is 26.6 Å². The van der Waals surface area contributed by atoms with Crippen molar-refractivity contribution in [3.05, 3.63) is 241 Å². The van der Waals surface area contributed by atoms with Gasteiger partial charge in [-0.05, 0) is 118 Å². The van der Waals surface area contributed by atoms with E-state index in [0.29, 0.717) is 6.04 Å². The molecule has 0 atom stereocenters. The Kier molecular flexibility index (Phi) is 8.23. The van der Waals surface area contributed by atoms with Crippen molar-refractivity contribution in [2.75, 3.05) is 0 Å². The van der Waals surface area contributed by atoms with Gasteiger partial charge in [0.1, 0.15) is 11.5 Å². The molecule has 3 aromatic heterocycles. The van der Waals surface area contributed by atoms with Crippen molar-refractivity contribution >= 4 is 32.8 Å². The molecule has 8 aromatic carbocycles. The maximum atomic E-state index is 5.13. The molecule has 11 aromatic rings. The third-order valence-electron chi connectivity index (χ3n) is 13.1. The van der Waals surface area contributed by atoms with Gasteiger partial charge in [-0.2, -0.15) is 4.57 Å². The predicted octanol–water partition coefficient (Wildman–Crippen LogP) is 13.7. The van der Waals surface area contributed by atoms with Gasteiger partial charge in [0, 0.05) is 17.0 Å². The van der Waals surface area contributed by atoms with Crippen LogP contribution in [-0.2, 0) is 5.41 Å². The number of benzene rings is 8. The molecular weight excluding hydrogens is 753 g/mol. The van der Waals surface area contributed by atoms with Crippen LogP contribution in [0.1, 0.15) is 42.1 Å². The highest BCUT2D eigenvalue weighted by atomic mass is 15.1. The molecule has 1 aliphatic carbocycles. The minimum Gasteiger partial charge on any atom is -0.294 e. The van der Waals surface area contributed by atoms with E-state index in [0.717, 1.165) is 28.1 Å². The first-order chi connectivity index (χ1) is 30.6. The average molecular weight is 796 g/mol. The molecule has 3 heterocycles. The van der Waals surface area contributed by atoms with Crippen molar-refractivity contribution in [1.29, 1.82) is 0 Å². The van der Waals surface area contributed by atoms with Crippen LogP contribution in [0.15, 0.2) is 219 Å². The first-order valence-corrected chi connectivity index (χ1v) is 21.6. The molecule has 0 bridgehead atoms. The summed E-state index contributed by atoms with van der Waals surface area (Å²) in [6.07, 6.45) is 4.23. The number of hydrogen-bond donors (Lipinski definition) is 0. The molecule has 0 spiro atoms. The third kappa shape index (κ3) is 5.33. The second kappa shape index (κ2) is 14.1. The summed E-state index contributed by atoms with van der Waals surface area (Å²) in [5.41, 5.74) is 17.4. The molecule has 294 valence electrons. The fraction of sp³-hybridized carbons (Fsp3) is 0.0690. The lowest BCUT2D eigenvalue weighted by molar-refractivity contribution is -0.691. The molecule has 62 heavy (non-hydrogen) atoms. The van der Waals surface area contributed by atoms with E-state index in [-0.39, 0.29) is 0 Å². The van der Waals surface area contributed by atoms with Crippen LogP contribution in [0, 0.1) is 0 Å². The van der Waals surface area contributed by atoms with Gasteiger partial charge in [0.2, 0.25) is 6.33 Å². The number of rotatable bonds is 7. The normalized spacial score (nSPS) is 13.0. The highest BCUT2D eigenvalue weighted by Crippen LogP contribution is 2.56. The lowest BCUT2D eigenvalue weighted by atomic mass is 9.67. The number of fused-ring (bicyclic) bond motifs is 7. The Balaban J connectivity index is 1.12. The number of imidazole rings is 1. The SMILES string of the molecule is CC(C)[n+]1cn(-c2cccc(C3(c4ccc5c6ccccc6n(-c6cc(-c7ccccc7-c7ccccc7)ccn6)c5c4)c4ccccc4-c4ccccc43)c2)c2ccccc21. The van der Waals surface area contributed by atoms with E-state index in [1.807, 2.05) is 6.20 Å². The number of aromatic nitrogens is 4. The van der Waals surface area contributed by atoms with Crippen LogP contribution < -0.4 is 4.57 Å². The van der Waals surface area contributed by atoms with Crippen LogP contribution in [0.3, 0.4) is 0 Å². The van der Waals surface area contributed by atoms with Gasteiger partial charge in [0.25, 0.3) is 0 Å². The van der Waals surface area contributed by atoms with Crippen LogP contribution in [-0.4, -0.2) is 14.1 Å². The van der Waals surface area contributed by atoms with Gasteiger partial charge < -0.3 is 0 Å². The van der Waals surface area contributed by atoms with E-state index in [2.05, 4.69) is 240 Å². The molecule has 0 fully saturated rings. The average Bonchev–Trinajstić information content (AvgIpc) is 3.99. The summed E-state index contributed by atoms with van der Waals surface area (Å²) in [4.78, 5) is 5.13. The maximum absolute atomic E-state index is 5.13. The quantitative estimate of drug-likeness (QED) is 0.148. The van der Waals surface area contributed by atoms with Crippen LogP contribution in [0.5, 0.6) is 0 Å². The lowest BCUT2D eigenvalue weighted by Crippen LogP contribution is -2.34. The van der Waals surface area contributed by atoms with Crippen molar-refractivity contribution in [3.63, 3.8) is 0 Å². The number of para-hydroxylation sites is 3. The second-order valence-electron chi connectivity index (χ2n) is 16.8. The summed E-state index contributed by atoms with van der Waals surface area (Å²) in [5.74, 6) is 0.884. The summed E-state index contributed by atoms with van der Waals surface area (Å²) >= 11 is 0. The largest absolute Gasteiger partial charge is 0.294 e. The number of pyridine rings is 1. The first-order valence-electron chi connectivity index (χ1n) is 21.6. The molecule has 1 aliphatic rings. The Morgan fingerprint density at radius 3 is 1.84 bits per heavy atom. The van der Waals surface area contributed by atoms with Crippen molar-refractivity contribution in [3.8, 4) is 44.9 Å². The lowest BCUT2D eigenvalue weighted by Gasteiger charge is -2.34. The van der Waals surface area contributed by atoms with Crippen molar-refractivity contribution in [1.82, 2.24) is 14.1 Å². The van der Waals surface area contributed by atoms with Gasteiger partial charge in [-0.15, -0.1) is 0 Å². The van der Waals surface area contributed by atoms with E-state index in [1.54, 1.807) is 0 Å². The van der Waals surface area contributed by atoms with E-state index in [1.165, 1.54) is 71.9 Å². The molecule has 0 amide bonds. The Morgan fingerprint density at radius 1 is 0.468 bits per heavy atom. The zero-order valence-electron chi connectivity index (χ0n) is 34.7. The summed E-state index contributed by atoms with van der Waals surface area (Å²) in [5, 5.41) is 2.40. The molecule has 4 heteroatoms. The molecule has 0 radical (unpaired) electrons. The second-order valence-corrected chi connectivity index (χ2v) is 16.8. The van der Waals surface area contributed by atoms with Gasteiger partial charge in [-0.1, -0.05) is 158 Å². The molecular formula is C58H43N4+. The van der Waals surface area contributed by atoms with Crippen molar-refractivity contribution < 1.29 is 4.57 Å². The summed E-state index contributed by atoms with van der Waals surface area (Å²) in [7, 11) is 0. The number of hydrogen-bond acceptors (Lipinski definition) is 1. The molecule has 0 saturated carbocycles. The van der Waals surface area contributed by atoms with E-state index in [4.69, 9.17) is 4.98 Å². The Hall–Kier alpha value is -7.82. The standard InChI is InChI=1S/C58H43N4/c1-39(2)60-38-61(55-30-15-14-29-54(55)60)44-20-16-19-42(36-44)58(51-26-11-8-23-47(51)48-24-9-12-27-52(48)58)43-31-32-50-49-25-10-13-28-53(49)62(56(50)37-43)57-35-41(33-34-59-57)46-22-7-6-21-45(46)40-17-4-3-5-18-40/h3-39H,1-2H3/q+1. The minimum atomic E-state index is -0.612. The zero-order chi connectivity index (χ0) is 41.4. The highest BCUT2D eigenvalue weighted by Gasteiger charge is 2.46. The van der Waals surface area contributed by atoms with Gasteiger partial charge in [0.15, 0.2) is 11.0 Å². The van der Waals surface area contributed by atoms with Crippen LogP contribution >= 0.6 is 0 Å². The minimum absolute atomic E-state index is 0.316. The van der Waals surface area contributed by atoms with E-state index < -0.39 is 5.41 Å². The zero-order valence-corrected chi connectivity index (χ0v) is 34.7. The van der Waals surface area contributed by atoms with Gasteiger partial charge in [0.05, 0.1) is 22.5 Å². The van der Waals surface area contributed by atoms with Crippen LogP contribution in [0.2, 0.25) is 0 Å². The Bertz CT molecular complexity index is 3470. The van der Waals surface area contributed by atoms with Crippen molar-refractivity contribution in [2.45, 2.75) is 25.3 Å². The first kappa shape index (κ1) is 36.1.